The van der Waals surface area contributed by atoms with E-state index in [1.54, 1.807) is 6.20 Å². The lowest BCUT2D eigenvalue weighted by molar-refractivity contribution is 0.554. The second-order valence-corrected chi connectivity index (χ2v) is 3.87. The second-order valence-electron chi connectivity index (χ2n) is 3.87. The van der Waals surface area contributed by atoms with Gasteiger partial charge in [0.25, 0.3) is 0 Å². The van der Waals surface area contributed by atoms with Gasteiger partial charge in [-0.25, -0.2) is 0 Å². The van der Waals surface area contributed by atoms with Crippen LogP contribution in [0, 0.1) is 6.92 Å². The van der Waals surface area contributed by atoms with E-state index in [0.717, 1.165) is 19.6 Å². The molecule has 16 heavy (non-hydrogen) atoms. The highest BCUT2D eigenvalue weighted by molar-refractivity contribution is 5.25. The summed E-state index contributed by atoms with van der Waals surface area (Å²) < 4.78 is 1.94. The maximum Gasteiger partial charge on any atom is 0.0534 e. The van der Waals surface area contributed by atoms with Gasteiger partial charge in [0.05, 0.1) is 6.54 Å². The molecule has 0 saturated heterocycles. The second kappa shape index (κ2) is 5.47. The molecule has 0 saturated carbocycles. The van der Waals surface area contributed by atoms with Gasteiger partial charge in [-0.05, 0) is 24.1 Å². The van der Waals surface area contributed by atoms with Crippen LogP contribution in [0.2, 0.25) is 0 Å². The largest absolute Gasteiger partial charge is 0.311 e. The van der Waals surface area contributed by atoms with Crippen LogP contribution in [0.5, 0.6) is 0 Å². The van der Waals surface area contributed by atoms with Crippen LogP contribution in [0.25, 0.3) is 0 Å². The van der Waals surface area contributed by atoms with Crippen LogP contribution in [0.1, 0.15) is 11.1 Å². The molecule has 1 heterocycles. The molecule has 0 spiro atoms. The monoisotopic (exact) mass is 215 g/mol. The fourth-order valence-electron chi connectivity index (χ4n) is 1.66. The molecule has 0 amide bonds. The van der Waals surface area contributed by atoms with Gasteiger partial charge in [-0.1, -0.05) is 24.3 Å². The molecule has 2 aromatic rings. The van der Waals surface area contributed by atoms with Gasteiger partial charge in [0.2, 0.25) is 0 Å². The molecular formula is C13H17N3. The van der Waals surface area contributed by atoms with E-state index in [-0.39, 0.29) is 0 Å². The van der Waals surface area contributed by atoms with E-state index in [1.165, 1.54) is 11.1 Å². The van der Waals surface area contributed by atoms with Gasteiger partial charge in [-0.3, -0.25) is 4.68 Å². The summed E-state index contributed by atoms with van der Waals surface area (Å²) >= 11 is 0. The molecule has 0 aliphatic carbocycles. The number of nitrogens with zero attached hydrogens (tertiary/aromatic N) is 2. The van der Waals surface area contributed by atoms with Crippen molar-refractivity contribution in [3.05, 3.63) is 53.9 Å². The normalized spacial score (nSPS) is 10.6. The molecule has 2 rings (SSSR count). The molecule has 0 bridgehead atoms. The van der Waals surface area contributed by atoms with E-state index in [0.29, 0.717) is 0 Å². The van der Waals surface area contributed by atoms with Crippen molar-refractivity contribution >= 4 is 0 Å². The Morgan fingerprint density at radius 3 is 2.88 bits per heavy atom. The van der Waals surface area contributed by atoms with E-state index in [9.17, 15) is 0 Å². The lowest BCUT2D eigenvalue weighted by atomic mass is 10.1. The van der Waals surface area contributed by atoms with E-state index in [2.05, 4.69) is 41.6 Å². The van der Waals surface area contributed by atoms with Gasteiger partial charge in [0.15, 0.2) is 0 Å². The van der Waals surface area contributed by atoms with Gasteiger partial charge in [-0.2, -0.15) is 5.10 Å². The van der Waals surface area contributed by atoms with Crippen LogP contribution in [-0.4, -0.2) is 16.3 Å². The van der Waals surface area contributed by atoms with Gasteiger partial charge in [0, 0.05) is 25.5 Å². The average molecular weight is 215 g/mol. The first-order valence-electron chi connectivity index (χ1n) is 5.59. The lowest BCUT2D eigenvalue weighted by Crippen LogP contribution is -2.20. The number of nitrogens with one attached hydrogen (secondary N) is 1. The fraction of sp³-hybridized carbons (Fsp3) is 0.308. The quantitative estimate of drug-likeness (QED) is 0.773. The number of benzene rings is 1. The van der Waals surface area contributed by atoms with E-state index in [1.807, 2.05) is 16.9 Å². The van der Waals surface area contributed by atoms with Gasteiger partial charge in [-0.15, -0.1) is 0 Å². The molecule has 1 aromatic carbocycles. The summed E-state index contributed by atoms with van der Waals surface area (Å²) in [6.45, 7) is 4.92. The molecule has 0 radical (unpaired) electrons. The molecule has 0 atom stereocenters. The third-order valence-electron chi connectivity index (χ3n) is 2.65. The molecule has 1 aromatic heterocycles. The summed E-state index contributed by atoms with van der Waals surface area (Å²) in [7, 11) is 0. The van der Waals surface area contributed by atoms with E-state index in [4.69, 9.17) is 0 Å². The lowest BCUT2D eigenvalue weighted by Gasteiger charge is -2.07. The third kappa shape index (κ3) is 2.94. The minimum absolute atomic E-state index is 0.916. The van der Waals surface area contributed by atoms with Crippen LogP contribution in [-0.2, 0) is 13.1 Å². The van der Waals surface area contributed by atoms with Crippen molar-refractivity contribution < 1.29 is 0 Å². The minimum atomic E-state index is 0.916. The number of hydrogen-bond acceptors (Lipinski definition) is 2. The number of hydrogen-bond donors (Lipinski definition) is 1. The molecule has 0 aliphatic heterocycles. The summed E-state index contributed by atoms with van der Waals surface area (Å²) in [6.07, 6.45) is 3.79. The van der Waals surface area contributed by atoms with Crippen molar-refractivity contribution in [1.29, 1.82) is 0 Å². The van der Waals surface area contributed by atoms with Crippen molar-refractivity contribution in [3.63, 3.8) is 0 Å². The maximum atomic E-state index is 4.16. The Labute approximate surface area is 96.1 Å². The molecular weight excluding hydrogens is 198 g/mol. The predicted molar refractivity (Wildman–Crippen MR) is 65.1 cm³/mol. The zero-order valence-electron chi connectivity index (χ0n) is 9.56. The van der Waals surface area contributed by atoms with Crippen molar-refractivity contribution in [2.75, 3.05) is 6.54 Å². The number of aryl methyl sites for hydroxylation is 1. The highest BCUT2D eigenvalue weighted by atomic mass is 15.3. The van der Waals surface area contributed by atoms with Crippen molar-refractivity contribution in [3.8, 4) is 0 Å². The summed E-state index contributed by atoms with van der Waals surface area (Å²) in [5.41, 5.74) is 2.71. The van der Waals surface area contributed by atoms with Crippen LogP contribution < -0.4 is 5.32 Å². The maximum absolute atomic E-state index is 4.16. The Balaban J connectivity index is 1.74. The molecule has 3 nitrogen and oxygen atoms in total. The zero-order valence-corrected chi connectivity index (χ0v) is 9.56. The Kier molecular flexibility index (Phi) is 3.72. The number of aromatic nitrogens is 2. The van der Waals surface area contributed by atoms with Crippen LogP contribution in [0.15, 0.2) is 42.7 Å². The molecule has 0 fully saturated rings. The zero-order chi connectivity index (χ0) is 11.2. The third-order valence-corrected chi connectivity index (χ3v) is 2.65. The highest BCUT2D eigenvalue weighted by Crippen LogP contribution is 2.05. The molecule has 84 valence electrons. The SMILES string of the molecule is Cc1ccccc1CNCCn1cccn1. The Bertz CT molecular complexity index is 421. The van der Waals surface area contributed by atoms with Crippen molar-refractivity contribution in [1.82, 2.24) is 15.1 Å². The minimum Gasteiger partial charge on any atom is -0.311 e. The highest BCUT2D eigenvalue weighted by Gasteiger charge is 1.96. The summed E-state index contributed by atoms with van der Waals surface area (Å²) in [6, 6.07) is 10.4. The Morgan fingerprint density at radius 1 is 1.25 bits per heavy atom. The Hall–Kier alpha value is -1.61. The Morgan fingerprint density at radius 2 is 2.12 bits per heavy atom. The van der Waals surface area contributed by atoms with Crippen molar-refractivity contribution in [2.24, 2.45) is 0 Å². The molecule has 0 unspecified atom stereocenters. The van der Waals surface area contributed by atoms with Gasteiger partial charge >= 0.3 is 0 Å². The number of rotatable bonds is 5. The summed E-state index contributed by atoms with van der Waals surface area (Å²) in [5.74, 6) is 0. The fourth-order valence-corrected chi connectivity index (χ4v) is 1.66. The first-order valence-corrected chi connectivity index (χ1v) is 5.59. The van der Waals surface area contributed by atoms with E-state index < -0.39 is 0 Å². The summed E-state index contributed by atoms with van der Waals surface area (Å²) in [4.78, 5) is 0. The van der Waals surface area contributed by atoms with Gasteiger partial charge < -0.3 is 5.32 Å². The van der Waals surface area contributed by atoms with Crippen molar-refractivity contribution in [2.45, 2.75) is 20.0 Å². The smallest absolute Gasteiger partial charge is 0.0534 e. The van der Waals surface area contributed by atoms with Gasteiger partial charge in [0.1, 0.15) is 0 Å². The average Bonchev–Trinajstić information content (AvgIpc) is 2.79. The molecule has 3 heteroatoms. The molecule has 1 N–H and O–H groups in total. The van der Waals surface area contributed by atoms with Crippen LogP contribution in [0.4, 0.5) is 0 Å². The van der Waals surface area contributed by atoms with E-state index >= 15 is 0 Å². The predicted octanol–water partition coefficient (Wildman–Crippen LogP) is 1.98. The topological polar surface area (TPSA) is 29.9 Å². The summed E-state index contributed by atoms with van der Waals surface area (Å²) in [5, 5.41) is 7.57. The van der Waals surface area contributed by atoms with Crippen LogP contribution in [0.3, 0.4) is 0 Å². The first-order chi connectivity index (χ1) is 7.86. The first kappa shape index (κ1) is 10.9. The standard InChI is InChI=1S/C13H17N3/c1-12-5-2-3-6-13(12)11-14-8-10-16-9-4-7-15-16/h2-7,9,14H,8,10-11H2,1H3. The van der Waals surface area contributed by atoms with Crippen LogP contribution >= 0.6 is 0 Å². The molecule has 0 aliphatic rings.